The van der Waals surface area contributed by atoms with Crippen molar-refractivity contribution in [3.05, 3.63) is 0 Å². The molecule has 2 aliphatic rings. The number of nitrogens with zero attached hydrogens (tertiary/aromatic N) is 2. The smallest absolute Gasteiger partial charge is 0.00187 e. The molecule has 0 radical (unpaired) electrons. The van der Waals surface area contributed by atoms with Crippen molar-refractivity contribution in [3.63, 3.8) is 0 Å². The average molecular weight is 407 g/mol. The average Bonchev–Trinajstić information content (AvgIpc) is 2.77. The Morgan fingerprint density at radius 1 is 0.276 bits per heavy atom. The van der Waals surface area contributed by atoms with Crippen LogP contribution in [0.2, 0.25) is 0 Å². The van der Waals surface area contributed by atoms with Gasteiger partial charge in [-0.3, -0.25) is 0 Å². The zero-order valence-electron chi connectivity index (χ0n) is 20.0. The minimum atomic E-state index is 1.37. The fourth-order valence-electron chi connectivity index (χ4n) is 5.33. The fraction of sp³-hybridized carbons (Fsp3) is 1.00. The van der Waals surface area contributed by atoms with E-state index in [1.54, 1.807) is 0 Å². The Labute approximate surface area is 184 Å². The number of rotatable bonds is 18. The van der Waals surface area contributed by atoms with E-state index in [-0.39, 0.29) is 0 Å². The van der Waals surface area contributed by atoms with Gasteiger partial charge in [-0.15, -0.1) is 0 Å². The van der Waals surface area contributed by atoms with E-state index in [9.17, 15) is 0 Å². The highest BCUT2D eigenvalue weighted by atomic mass is 15.1. The van der Waals surface area contributed by atoms with Crippen molar-refractivity contribution in [2.45, 2.75) is 135 Å². The van der Waals surface area contributed by atoms with Gasteiger partial charge in [0, 0.05) is 0 Å². The maximum absolute atomic E-state index is 2.69. The Kier molecular flexibility index (Phi) is 16.2. The summed E-state index contributed by atoms with van der Waals surface area (Å²) in [5.74, 6) is 0. The van der Waals surface area contributed by atoms with Crippen molar-refractivity contribution < 1.29 is 0 Å². The SMILES string of the molecule is C(CCCCCCCCN1CCCCC1)CCCCCCCCN1CCCCC1. The maximum Gasteiger partial charge on any atom is -0.00187 e. The summed E-state index contributed by atoms with van der Waals surface area (Å²) in [5, 5.41) is 0. The third-order valence-corrected chi connectivity index (χ3v) is 7.35. The van der Waals surface area contributed by atoms with E-state index in [0.29, 0.717) is 0 Å². The van der Waals surface area contributed by atoms with Crippen LogP contribution < -0.4 is 0 Å². The zero-order chi connectivity index (χ0) is 20.2. The zero-order valence-corrected chi connectivity index (χ0v) is 20.0. The quantitative estimate of drug-likeness (QED) is 0.214. The molecule has 2 rings (SSSR count). The van der Waals surface area contributed by atoms with Crippen LogP contribution in [0.3, 0.4) is 0 Å². The molecule has 0 aromatic heterocycles. The Bertz CT molecular complexity index is 299. The highest BCUT2D eigenvalue weighted by Gasteiger charge is 2.09. The Hall–Kier alpha value is -0.0800. The van der Waals surface area contributed by atoms with Gasteiger partial charge < -0.3 is 9.80 Å². The second-order valence-corrected chi connectivity index (χ2v) is 10.1. The van der Waals surface area contributed by atoms with Gasteiger partial charge in [0.2, 0.25) is 0 Å². The molecule has 0 aromatic carbocycles. The standard InChI is InChI=1S/C27H54N2/c1(2-4-6-8-10-12-16-22-28-24-18-14-19-25-28)3-5-7-9-11-13-17-23-29-26-20-15-21-27-29/h1-27H2. The minimum absolute atomic E-state index is 1.37. The van der Waals surface area contributed by atoms with Crippen molar-refractivity contribution in [1.82, 2.24) is 9.80 Å². The molecule has 0 bridgehead atoms. The second kappa shape index (κ2) is 18.7. The van der Waals surface area contributed by atoms with Crippen LogP contribution in [-0.2, 0) is 0 Å². The molecular weight excluding hydrogens is 352 g/mol. The van der Waals surface area contributed by atoms with Gasteiger partial charge >= 0.3 is 0 Å². The van der Waals surface area contributed by atoms with Crippen molar-refractivity contribution in [3.8, 4) is 0 Å². The van der Waals surface area contributed by atoms with Crippen molar-refractivity contribution in [2.24, 2.45) is 0 Å². The summed E-state index contributed by atoms with van der Waals surface area (Å²) in [6.45, 7) is 8.24. The highest BCUT2D eigenvalue weighted by molar-refractivity contribution is 4.65. The molecule has 172 valence electrons. The maximum atomic E-state index is 2.69. The van der Waals surface area contributed by atoms with Gasteiger partial charge in [-0.2, -0.15) is 0 Å². The predicted molar refractivity (Wildman–Crippen MR) is 130 cm³/mol. The summed E-state index contributed by atoms with van der Waals surface area (Å²) in [5.41, 5.74) is 0. The molecule has 0 amide bonds. The molecular formula is C27H54N2. The van der Waals surface area contributed by atoms with E-state index in [1.807, 2.05) is 0 Å². The summed E-state index contributed by atoms with van der Waals surface area (Å²) in [6, 6.07) is 0. The first-order valence-corrected chi connectivity index (χ1v) is 13.9. The second-order valence-electron chi connectivity index (χ2n) is 10.1. The number of likely N-dealkylation sites (tertiary alicyclic amines) is 2. The predicted octanol–water partition coefficient (Wildman–Crippen LogP) is 7.81. The van der Waals surface area contributed by atoms with Crippen LogP contribution in [0.5, 0.6) is 0 Å². The molecule has 2 nitrogen and oxygen atoms in total. The largest absolute Gasteiger partial charge is 0.303 e. The van der Waals surface area contributed by atoms with Crippen molar-refractivity contribution in [2.75, 3.05) is 39.3 Å². The minimum Gasteiger partial charge on any atom is -0.303 e. The van der Waals surface area contributed by atoms with Crippen LogP contribution in [0.4, 0.5) is 0 Å². The van der Waals surface area contributed by atoms with Crippen LogP contribution in [0.25, 0.3) is 0 Å². The molecule has 2 aliphatic heterocycles. The van der Waals surface area contributed by atoms with Gasteiger partial charge in [-0.05, 0) is 77.8 Å². The first kappa shape index (κ1) is 25.2. The third kappa shape index (κ3) is 14.5. The van der Waals surface area contributed by atoms with E-state index in [4.69, 9.17) is 0 Å². The van der Waals surface area contributed by atoms with Gasteiger partial charge in [-0.1, -0.05) is 96.3 Å². The van der Waals surface area contributed by atoms with E-state index < -0.39 is 0 Å². The Morgan fingerprint density at radius 2 is 0.517 bits per heavy atom. The lowest BCUT2D eigenvalue weighted by atomic mass is 10.0. The fourth-order valence-corrected chi connectivity index (χ4v) is 5.33. The molecule has 0 aliphatic carbocycles. The molecule has 2 fully saturated rings. The normalized spacial score (nSPS) is 19.0. The molecule has 29 heavy (non-hydrogen) atoms. The van der Waals surface area contributed by atoms with Gasteiger partial charge in [0.05, 0.1) is 0 Å². The molecule has 0 unspecified atom stereocenters. The van der Waals surface area contributed by atoms with Crippen LogP contribution in [0, 0.1) is 0 Å². The molecule has 0 aromatic rings. The number of hydrogen-bond acceptors (Lipinski definition) is 2. The molecule has 0 atom stereocenters. The topological polar surface area (TPSA) is 6.48 Å². The molecule has 2 heteroatoms. The lowest BCUT2D eigenvalue weighted by Crippen LogP contribution is -2.30. The lowest BCUT2D eigenvalue weighted by Gasteiger charge is -2.26. The van der Waals surface area contributed by atoms with E-state index in [1.165, 1.54) is 174 Å². The van der Waals surface area contributed by atoms with Crippen LogP contribution in [0.1, 0.15) is 135 Å². The van der Waals surface area contributed by atoms with Gasteiger partial charge in [0.25, 0.3) is 0 Å². The summed E-state index contributed by atoms with van der Waals surface area (Å²) >= 11 is 0. The summed E-state index contributed by atoms with van der Waals surface area (Å²) in [7, 11) is 0. The molecule has 0 spiro atoms. The van der Waals surface area contributed by atoms with Crippen molar-refractivity contribution >= 4 is 0 Å². The first-order chi connectivity index (χ1) is 14.4. The highest BCUT2D eigenvalue weighted by Crippen LogP contribution is 2.15. The third-order valence-electron chi connectivity index (χ3n) is 7.35. The molecule has 0 N–H and O–H groups in total. The summed E-state index contributed by atoms with van der Waals surface area (Å²) in [6.07, 6.45) is 30.9. The molecule has 2 saturated heterocycles. The lowest BCUT2D eigenvalue weighted by molar-refractivity contribution is 0.224. The number of piperidine rings is 2. The monoisotopic (exact) mass is 406 g/mol. The Morgan fingerprint density at radius 3 is 0.793 bits per heavy atom. The van der Waals surface area contributed by atoms with E-state index in [0.717, 1.165) is 0 Å². The number of unbranched alkanes of at least 4 members (excludes halogenated alkanes) is 14. The molecule has 2 heterocycles. The van der Waals surface area contributed by atoms with E-state index >= 15 is 0 Å². The molecule has 0 saturated carbocycles. The van der Waals surface area contributed by atoms with Gasteiger partial charge in [-0.25, -0.2) is 0 Å². The Balaban J connectivity index is 1.19. The van der Waals surface area contributed by atoms with Crippen molar-refractivity contribution in [1.29, 1.82) is 0 Å². The van der Waals surface area contributed by atoms with Gasteiger partial charge in [0.15, 0.2) is 0 Å². The first-order valence-electron chi connectivity index (χ1n) is 13.9. The summed E-state index contributed by atoms with van der Waals surface area (Å²) < 4.78 is 0. The van der Waals surface area contributed by atoms with Crippen LogP contribution >= 0.6 is 0 Å². The number of hydrogen-bond donors (Lipinski definition) is 0. The van der Waals surface area contributed by atoms with E-state index in [2.05, 4.69) is 9.80 Å². The van der Waals surface area contributed by atoms with Crippen LogP contribution in [0.15, 0.2) is 0 Å². The van der Waals surface area contributed by atoms with Gasteiger partial charge in [0.1, 0.15) is 0 Å². The summed E-state index contributed by atoms with van der Waals surface area (Å²) in [4.78, 5) is 5.39. The van der Waals surface area contributed by atoms with Crippen LogP contribution in [-0.4, -0.2) is 49.1 Å².